The topological polar surface area (TPSA) is 30.5 Å². The molecule has 3 heteroatoms. The summed E-state index contributed by atoms with van der Waals surface area (Å²) in [5, 5.41) is 3.78. The van der Waals surface area contributed by atoms with E-state index in [1.807, 2.05) is 6.07 Å². The molecule has 2 aliphatic carbocycles. The van der Waals surface area contributed by atoms with Gasteiger partial charge < -0.3 is 14.8 Å². The molecule has 1 spiro atoms. The molecule has 2 atom stereocenters. The molecule has 2 fully saturated rings. The molecule has 0 bridgehead atoms. The Hall–Kier alpha value is -1.22. The summed E-state index contributed by atoms with van der Waals surface area (Å²) in [6, 6.07) is 6.84. The fourth-order valence-corrected chi connectivity index (χ4v) is 4.20. The molecule has 1 aromatic rings. The van der Waals surface area contributed by atoms with Crippen LogP contribution < -0.4 is 10.1 Å². The molecule has 2 unspecified atom stereocenters. The highest BCUT2D eigenvalue weighted by atomic mass is 16.5. The second-order valence-corrected chi connectivity index (χ2v) is 6.50. The van der Waals surface area contributed by atoms with Crippen molar-refractivity contribution < 1.29 is 9.47 Å². The molecular weight excluding hydrogens is 262 g/mol. The Labute approximate surface area is 128 Å². The van der Waals surface area contributed by atoms with Gasteiger partial charge in [0, 0.05) is 23.8 Å². The smallest absolute Gasteiger partial charge is 0.119 e. The van der Waals surface area contributed by atoms with Crippen molar-refractivity contribution in [1.82, 2.24) is 0 Å². The monoisotopic (exact) mass is 289 g/mol. The van der Waals surface area contributed by atoms with Crippen LogP contribution in [0.1, 0.15) is 44.6 Å². The quantitative estimate of drug-likeness (QED) is 0.883. The van der Waals surface area contributed by atoms with Crippen LogP contribution in [-0.4, -0.2) is 25.9 Å². The van der Waals surface area contributed by atoms with Gasteiger partial charge in [0.2, 0.25) is 0 Å². The number of benzene rings is 1. The summed E-state index contributed by atoms with van der Waals surface area (Å²) in [6.45, 7) is 5.09. The second kappa shape index (κ2) is 5.88. The average molecular weight is 289 g/mol. The predicted molar refractivity (Wildman–Crippen MR) is 86.1 cm³/mol. The normalized spacial score (nSPS) is 26.6. The summed E-state index contributed by atoms with van der Waals surface area (Å²) in [5.41, 5.74) is 2.87. The minimum atomic E-state index is 0.377. The van der Waals surface area contributed by atoms with Crippen LogP contribution in [-0.2, 0) is 4.74 Å². The number of rotatable bonds is 5. The van der Waals surface area contributed by atoms with Crippen molar-refractivity contribution in [2.45, 2.75) is 58.1 Å². The SMILES string of the molecule is CCOC1CC(Nc2ccc(OC)cc2C)C12CCCC2. The van der Waals surface area contributed by atoms with Gasteiger partial charge in [-0.25, -0.2) is 0 Å². The molecule has 1 aromatic carbocycles. The van der Waals surface area contributed by atoms with Gasteiger partial charge in [0.05, 0.1) is 13.2 Å². The molecule has 21 heavy (non-hydrogen) atoms. The third-order valence-corrected chi connectivity index (χ3v) is 5.45. The van der Waals surface area contributed by atoms with Gasteiger partial charge in [0.15, 0.2) is 0 Å². The second-order valence-electron chi connectivity index (χ2n) is 6.50. The van der Waals surface area contributed by atoms with Crippen molar-refractivity contribution in [3.8, 4) is 5.75 Å². The van der Waals surface area contributed by atoms with Crippen LogP contribution in [0.2, 0.25) is 0 Å². The fourth-order valence-electron chi connectivity index (χ4n) is 4.20. The molecule has 2 aliphatic rings. The summed E-state index contributed by atoms with van der Waals surface area (Å²) in [6.07, 6.45) is 6.92. The number of nitrogens with one attached hydrogen (secondary N) is 1. The first-order chi connectivity index (χ1) is 10.2. The molecule has 0 amide bonds. The van der Waals surface area contributed by atoms with Crippen LogP contribution >= 0.6 is 0 Å². The Kier molecular flexibility index (Phi) is 4.12. The van der Waals surface area contributed by atoms with Gasteiger partial charge >= 0.3 is 0 Å². The first-order valence-electron chi connectivity index (χ1n) is 8.22. The highest BCUT2D eigenvalue weighted by Gasteiger charge is 2.56. The summed E-state index contributed by atoms with van der Waals surface area (Å²) in [4.78, 5) is 0. The van der Waals surface area contributed by atoms with E-state index < -0.39 is 0 Å². The number of aryl methyl sites for hydroxylation is 1. The first-order valence-corrected chi connectivity index (χ1v) is 8.22. The van der Waals surface area contributed by atoms with Gasteiger partial charge in [-0.1, -0.05) is 12.8 Å². The lowest BCUT2D eigenvalue weighted by molar-refractivity contribution is -0.114. The minimum absolute atomic E-state index is 0.377. The lowest BCUT2D eigenvalue weighted by Crippen LogP contribution is -2.60. The summed E-state index contributed by atoms with van der Waals surface area (Å²) >= 11 is 0. The summed E-state index contributed by atoms with van der Waals surface area (Å²) in [5.74, 6) is 0.925. The maximum absolute atomic E-state index is 5.99. The lowest BCUT2D eigenvalue weighted by atomic mass is 9.60. The number of anilines is 1. The molecule has 3 nitrogen and oxygen atoms in total. The number of methoxy groups -OCH3 is 1. The lowest BCUT2D eigenvalue weighted by Gasteiger charge is -2.54. The van der Waals surface area contributed by atoms with Crippen molar-refractivity contribution in [2.24, 2.45) is 5.41 Å². The molecule has 0 radical (unpaired) electrons. The van der Waals surface area contributed by atoms with Gasteiger partial charge in [-0.15, -0.1) is 0 Å². The fraction of sp³-hybridized carbons (Fsp3) is 0.667. The van der Waals surface area contributed by atoms with Crippen molar-refractivity contribution in [3.05, 3.63) is 23.8 Å². The van der Waals surface area contributed by atoms with Crippen molar-refractivity contribution in [2.75, 3.05) is 19.0 Å². The number of hydrogen-bond donors (Lipinski definition) is 1. The van der Waals surface area contributed by atoms with Crippen molar-refractivity contribution in [1.29, 1.82) is 0 Å². The highest BCUT2D eigenvalue weighted by Crippen LogP contribution is 2.55. The van der Waals surface area contributed by atoms with Crippen LogP contribution in [0.5, 0.6) is 5.75 Å². The molecule has 3 rings (SSSR count). The van der Waals surface area contributed by atoms with Crippen molar-refractivity contribution in [3.63, 3.8) is 0 Å². The molecule has 1 N–H and O–H groups in total. The number of hydrogen-bond acceptors (Lipinski definition) is 3. The first kappa shape index (κ1) is 14.7. The number of ether oxygens (including phenoxy) is 2. The Morgan fingerprint density at radius 1 is 1.29 bits per heavy atom. The summed E-state index contributed by atoms with van der Waals surface area (Å²) < 4.78 is 11.3. The maximum atomic E-state index is 5.99. The van der Waals surface area contributed by atoms with E-state index in [2.05, 4.69) is 31.3 Å². The minimum Gasteiger partial charge on any atom is -0.497 e. The highest BCUT2D eigenvalue weighted by molar-refractivity contribution is 5.55. The zero-order chi connectivity index (χ0) is 14.9. The van der Waals surface area contributed by atoms with Crippen LogP contribution in [0, 0.1) is 12.3 Å². The van der Waals surface area contributed by atoms with Crippen molar-refractivity contribution >= 4 is 5.69 Å². The van der Waals surface area contributed by atoms with Gasteiger partial charge in [-0.3, -0.25) is 0 Å². The van der Waals surface area contributed by atoms with Gasteiger partial charge in [-0.05, 0) is 56.9 Å². The maximum Gasteiger partial charge on any atom is 0.119 e. The Bertz CT molecular complexity index is 494. The van der Waals surface area contributed by atoms with Crippen LogP contribution in [0.4, 0.5) is 5.69 Å². The molecular formula is C18H27NO2. The van der Waals surface area contributed by atoms with E-state index in [0.717, 1.165) is 18.8 Å². The molecule has 2 saturated carbocycles. The third-order valence-electron chi connectivity index (χ3n) is 5.45. The standard InChI is InChI=1S/C18H27NO2/c1-4-21-17-12-16(18(17)9-5-6-10-18)19-15-8-7-14(20-3)11-13(15)2/h7-8,11,16-17,19H,4-6,9-10,12H2,1-3H3. The Morgan fingerprint density at radius 2 is 2.05 bits per heavy atom. The Balaban J connectivity index is 1.73. The predicted octanol–water partition coefficient (Wildman–Crippen LogP) is 4.15. The zero-order valence-corrected chi connectivity index (χ0v) is 13.4. The largest absolute Gasteiger partial charge is 0.497 e. The van der Waals surface area contributed by atoms with Crippen LogP contribution in [0.3, 0.4) is 0 Å². The van der Waals surface area contributed by atoms with Gasteiger partial charge in [-0.2, -0.15) is 0 Å². The summed E-state index contributed by atoms with van der Waals surface area (Å²) in [7, 11) is 1.72. The van der Waals surface area contributed by atoms with E-state index in [4.69, 9.17) is 9.47 Å². The molecule has 0 heterocycles. The van der Waals surface area contributed by atoms with E-state index in [9.17, 15) is 0 Å². The molecule has 0 aliphatic heterocycles. The zero-order valence-electron chi connectivity index (χ0n) is 13.4. The van der Waals surface area contributed by atoms with Crippen LogP contribution in [0.15, 0.2) is 18.2 Å². The Morgan fingerprint density at radius 3 is 2.67 bits per heavy atom. The van der Waals surface area contributed by atoms with E-state index in [1.54, 1.807) is 7.11 Å². The van der Waals surface area contributed by atoms with E-state index in [1.165, 1.54) is 36.9 Å². The van der Waals surface area contributed by atoms with E-state index >= 15 is 0 Å². The average Bonchev–Trinajstić information content (AvgIpc) is 3.00. The van der Waals surface area contributed by atoms with E-state index in [0.29, 0.717) is 17.6 Å². The van der Waals surface area contributed by atoms with Crippen LogP contribution in [0.25, 0.3) is 0 Å². The third kappa shape index (κ3) is 2.52. The molecule has 0 saturated heterocycles. The van der Waals surface area contributed by atoms with E-state index in [-0.39, 0.29) is 0 Å². The van der Waals surface area contributed by atoms with Gasteiger partial charge in [0.25, 0.3) is 0 Å². The van der Waals surface area contributed by atoms with Gasteiger partial charge in [0.1, 0.15) is 5.75 Å². The molecule has 0 aromatic heterocycles. The molecule has 116 valence electrons.